The highest BCUT2D eigenvalue weighted by Gasteiger charge is 2.52. The average Bonchev–Trinajstić information content (AvgIpc) is 3.18. The maximum Gasteiger partial charge on any atom is 0.187 e. The lowest BCUT2D eigenvalue weighted by Gasteiger charge is -2.46. The largest absolute Gasteiger partial charge is 0.394 e. The molecule has 0 amide bonds. The zero-order valence-corrected chi connectivity index (χ0v) is 29.2. The summed E-state index contributed by atoms with van der Waals surface area (Å²) in [6.07, 6.45) is -44.5. The molecule has 56 heavy (non-hydrogen) atoms. The Labute approximate surface area is 316 Å². The van der Waals surface area contributed by atoms with Crippen LogP contribution in [0.2, 0.25) is 0 Å². The molecule has 0 bridgehead atoms. The van der Waals surface area contributed by atoms with E-state index in [0.717, 1.165) is 0 Å². The summed E-state index contributed by atoms with van der Waals surface area (Å²) in [7, 11) is 0. The molecular weight excluding hydrogens is 776 g/mol. The van der Waals surface area contributed by atoms with Crippen LogP contribution in [0.4, 0.5) is 0 Å². The normalized spacial score (nSPS) is 53.2. The third-order valence-electron chi connectivity index (χ3n) is 10.3. The Kier molecular flexibility index (Phi) is 16.1. The Morgan fingerprint density at radius 1 is 0.304 bits per heavy atom. The van der Waals surface area contributed by atoms with Gasteiger partial charge in [-0.2, -0.15) is 0 Å². The van der Waals surface area contributed by atoms with Crippen molar-refractivity contribution in [2.75, 3.05) is 33.0 Å². The highest BCUT2D eigenvalue weighted by molar-refractivity contribution is 4.96. The van der Waals surface area contributed by atoms with Crippen LogP contribution in [0.5, 0.6) is 0 Å². The second kappa shape index (κ2) is 19.6. The smallest absolute Gasteiger partial charge is 0.187 e. The molecule has 0 spiro atoms. The van der Waals surface area contributed by atoms with Crippen LogP contribution in [0, 0.1) is 0 Å². The topological polar surface area (TPSA) is 427 Å². The molecule has 26 nitrogen and oxygen atoms in total. The monoisotopic (exact) mass is 828 g/mol. The summed E-state index contributed by atoms with van der Waals surface area (Å²) in [5, 5.41) is 174. The quantitative estimate of drug-likeness (QED) is 0.0819. The first-order valence-electron chi connectivity index (χ1n) is 17.6. The Morgan fingerprint density at radius 3 is 1.00 bits per heavy atom. The van der Waals surface area contributed by atoms with Crippen LogP contribution in [0.15, 0.2) is 0 Å². The van der Waals surface area contributed by atoms with Crippen molar-refractivity contribution in [2.24, 2.45) is 0 Å². The molecule has 17 N–H and O–H groups in total. The molecule has 5 rings (SSSR count). The molecule has 26 heteroatoms. The van der Waals surface area contributed by atoms with E-state index in [4.69, 9.17) is 42.6 Å². The maximum absolute atomic E-state index is 10.6. The Morgan fingerprint density at radius 2 is 0.625 bits per heavy atom. The van der Waals surface area contributed by atoms with Crippen LogP contribution in [0.25, 0.3) is 0 Å². The first-order valence-corrected chi connectivity index (χ1v) is 17.6. The van der Waals surface area contributed by atoms with Crippen molar-refractivity contribution in [3.05, 3.63) is 0 Å². The number of aliphatic hydroxyl groups excluding tert-OH is 17. The maximum atomic E-state index is 10.6. The lowest BCUT2D eigenvalue weighted by molar-refractivity contribution is -0.364. The predicted octanol–water partition coefficient (Wildman–Crippen LogP) is -11.9. The van der Waals surface area contributed by atoms with Crippen LogP contribution < -0.4 is 0 Å². The van der Waals surface area contributed by atoms with Crippen molar-refractivity contribution >= 4 is 0 Å². The van der Waals surface area contributed by atoms with E-state index in [1.165, 1.54) is 0 Å². The molecule has 25 atom stereocenters. The van der Waals surface area contributed by atoms with Gasteiger partial charge in [0.25, 0.3) is 0 Å². The molecule has 5 heterocycles. The molecule has 5 saturated heterocycles. The molecule has 5 fully saturated rings. The molecule has 0 aromatic carbocycles. The summed E-state index contributed by atoms with van der Waals surface area (Å²) >= 11 is 0. The van der Waals surface area contributed by atoms with E-state index >= 15 is 0 Å². The van der Waals surface area contributed by atoms with E-state index in [1.54, 1.807) is 0 Å². The lowest BCUT2D eigenvalue weighted by atomic mass is 9.97. The van der Waals surface area contributed by atoms with Crippen molar-refractivity contribution in [3.8, 4) is 0 Å². The highest BCUT2D eigenvalue weighted by atomic mass is 16.8. The number of rotatable bonds is 13. The van der Waals surface area contributed by atoms with Gasteiger partial charge in [0.05, 0.1) is 33.0 Å². The van der Waals surface area contributed by atoms with Gasteiger partial charge >= 0.3 is 0 Å². The van der Waals surface area contributed by atoms with E-state index < -0.39 is 187 Å². The molecule has 0 aliphatic carbocycles. The summed E-state index contributed by atoms with van der Waals surface area (Å²) < 4.78 is 48.6. The highest BCUT2D eigenvalue weighted by Crippen LogP contribution is 2.31. The summed E-state index contributed by atoms with van der Waals surface area (Å²) in [5.41, 5.74) is 0. The van der Waals surface area contributed by atoms with Crippen LogP contribution in [-0.2, 0) is 42.6 Å². The van der Waals surface area contributed by atoms with Crippen molar-refractivity contribution in [1.82, 2.24) is 0 Å². The van der Waals surface area contributed by atoms with E-state index in [1.807, 2.05) is 0 Å². The summed E-state index contributed by atoms with van der Waals surface area (Å²) in [6, 6.07) is 0. The standard InChI is InChI=1S/C30H52O26/c31-1-6-11(33)15(37)21(43)27(52-6)48-3-8-12(34)16(38)22(44)28(53-8)49-4-9-13(35)17(39)23(45)29(54-9)50-5-10-14(36)18(40)24(46)30(55-10)56-25-7(2-32)51-26(47)20(42)19(25)41/h6-47H,1-5H2/t6-,7-,8-,9-,10-,11+,12+,13+,14+,15+,16+,17+,18+,19-,20-,21-,22-,23-,24-,25-,26?,27-,28-,29-,30+/m1/s1. The molecular formula is C30H52O26. The zero-order chi connectivity index (χ0) is 41.3. The van der Waals surface area contributed by atoms with Gasteiger partial charge in [-0.3, -0.25) is 0 Å². The van der Waals surface area contributed by atoms with Crippen LogP contribution in [0.1, 0.15) is 0 Å². The Bertz CT molecular complexity index is 1200. The zero-order valence-electron chi connectivity index (χ0n) is 29.2. The molecule has 0 aromatic heterocycles. The first-order chi connectivity index (χ1) is 26.4. The van der Waals surface area contributed by atoms with E-state index in [0.29, 0.717) is 0 Å². The molecule has 0 aromatic rings. The lowest BCUT2D eigenvalue weighted by Crippen LogP contribution is -2.65. The third kappa shape index (κ3) is 9.61. The first kappa shape index (κ1) is 46.0. The van der Waals surface area contributed by atoms with Crippen molar-refractivity contribution in [3.63, 3.8) is 0 Å². The van der Waals surface area contributed by atoms with Crippen LogP contribution in [0.3, 0.4) is 0 Å². The second-order valence-corrected chi connectivity index (χ2v) is 14.1. The van der Waals surface area contributed by atoms with Gasteiger partial charge in [0.2, 0.25) is 0 Å². The van der Waals surface area contributed by atoms with Gasteiger partial charge in [-0.1, -0.05) is 0 Å². The summed E-state index contributed by atoms with van der Waals surface area (Å²) in [6.45, 7) is -3.80. The van der Waals surface area contributed by atoms with Gasteiger partial charge in [-0.15, -0.1) is 0 Å². The van der Waals surface area contributed by atoms with E-state index in [-0.39, 0.29) is 0 Å². The predicted molar refractivity (Wildman–Crippen MR) is 167 cm³/mol. The fourth-order valence-corrected chi connectivity index (χ4v) is 6.71. The van der Waals surface area contributed by atoms with Gasteiger partial charge < -0.3 is 129 Å². The number of aliphatic hydroxyl groups is 17. The fourth-order valence-electron chi connectivity index (χ4n) is 6.71. The fraction of sp³-hybridized carbons (Fsp3) is 1.00. The van der Waals surface area contributed by atoms with E-state index in [9.17, 15) is 86.8 Å². The number of ether oxygens (including phenoxy) is 9. The van der Waals surface area contributed by atoms with Gasteiger partial charge in [0, 0.05) is 0 Å². The minimum absolute atomic E-state index is 0.675. The minimum atomic E-state index is -1.99. The van der Waals surface area contributed by atoms with Gasteiger partial charge in [-0.05, 0) is 0 Å². The number of hydrogen-bond acceptors (Lipinski definition) is 26. The average molecular weight is 829 g/mol. The van der Waals surface area contributed by atoms with Crippen molar-refractivity contribution < 1.29 is 129 Å². The molecule has 328 valence electrons. The summed E-state index contributed by atoms with van der Waals surface area (Å²) in [4.78, 5) is 0. The van der Waals surface area contributed by atoms with Crippen LogP contribution in [-0.4, -0.2) is 273 Å². The van der Waals surface area contributed by atoms with Crippen molar-refractivity contribution in [2.45, 2.75) is 154 Å². The van der Waals surface area contributed by atoms with Gasteiger partial charge in [-0.25, -0.2) is 0 Å². The van der Waals surface area contributed by atoms with E-state index in [2.05, 4.69) is 0 Å². The minimum Gasteiger partial charge on any atom is -0.394 e. The molecule has 5 aliphatic heterocycles. The third-order valence-corrected chi connectivity index (χ3v) is 10.3. The SMILES string of the molecule is OC[C@H]1O[C@@H](OC[C@H]2O[C@@H](OC[C@H]3O[C@@H](OC[C@H]4O[C@@H](O[C@H]5[C@H](O)[C@@H](O)C(O)O[C@@H]5CO)[C@H](O)[C@@H](O)[C@H]4O)[C@H](O)[C@@H](O)[C@H]3O)[C@H](O)[C@@H](O)[C@H]2O)[C@H](O)[C@@H](O)[C@H]1O. The molecule has 1 unspecified atom stereocenters. The molecule has 0 saturated carbocycles. The van der Waals surface area contributed by atoms with Crippen LogP contribution >= 0.6 is 0 Å². The number of hydrogen-bond donors (Lipinski definition) is 17. The Balaban J connectivity index is 1.17. The summed E-state index contributed by atoms with van der Waals surface area (Å²) in [5.74, 6) is 0. The molecule has 5 aliphatic rings. The second-order valence-electron chi connectivity index (χ2n) is 14.1. The van der Waals surface area contributed by atoms with Gasteiger partial charge in [0.1, 0.15) is 122 Å². The van der Waals surface area contributed by atoms with Crippen molar-refractivity contribution in [1.29, 1.82) is 0 Å². The Hall–Kier alpha value is -1.04. The van der Waals surface area contributed by atoms with Gasteiger partial charge in [0.15, 0.2) is 31.5 Å². The molecule has 0 radical (unpaired) electrons.